The molecule has 0 bridgehead atoms. The lowest BCUT2D eigenvalue weighted by atomic mass is 10.2. The molecule has 0 aliphatic rings. The van der Waals surface area contributed by atoms with Gasteiger partial charge in [0, 0.05) is 11.9 Å². The van der Waals surface area contributed by atoms with Gasteiger partial charge in [0.25, 0.3) is 5.56 Å². The van der Waals surface area contributed by atoms with Gasteiger partial charge in [0.1, 0.15) is 5.82 Å². The van der Waals surface area contributed by atoms with Crippen molar-refractivity contribution in [3.8, 4) is 0 Å². The maximum atomic E-state index is 12.9. The molecule has 1 heterocycles. The van der Waals surface area contributed by atoms with Gasteiger partial charge in [0.05, 0.1) is 17.9 Å². The van der Waals surface area contributed by atoms with Gasteiger partial charge in [-0.1, -0.05) is 36.4 Å². The molecule has 32 heavy (non-hydrogen) atoms. The van der Waals surface area contributed by atoms with Gasteiger partial charge >= 0.3 is 11.9 Å². The summed E-state index contributed by atoms with van der Waals surface area (Å²) in [5.74, 6) is -1.01. The number of anilines is 2. The number of nitrogens with one attached hydrogen (secondary N) is 1. The van der Waals surface area contributed by atoms with Gasteiger partial charge in [-0.05, 0) is 23.8 Å². The lowest BCUT2D eigenvalue weighted by molar-refractivity contribution is -0.137. The Bertz CT molecular complexity index is 1240. The molecular weight excluding hydrogens is 445 g/mol. The third-order valence-electron chi connectivity index (χ3n) is 4.63. The SMILES string of the molecule is CN(C(=O)CSc1cccc(C(F)(F)F)c1)c1c(N)n(Cc2ccccc2)c(=O)[nH]c1=O. The number of nitrogen functional groups attached to an aromatic ring is 1. The number of rotatable bonds is 6. The van der Waals surface area contributed by atoms with Gasteiger partial charge < -0.3 is 10.6 Å². The minimum absolute atomic E-state index is 0.0797. The molecule has 11 heteroatoms. The number of carbonyl (C=O) groups excluding carboxylic acids is 1. The van der Waals surface area contributed by atoms with Gasteiger partial charge in [0.15, 0.2) is 5.69 Å². The monoisotopic (exact) mass is 464 g/mol. The van der Waals surface area contributed by atoms with Crippen molar-refractivity contribution >= 4 is 29.2 Å². The van der Waals surface area contributed by atoms with Crippen molar-refractivity contribution in [1.29, 1.82) is 0 Å². The Kier molecular flexibility index (Phi) is 6.78. The number of benzene rings is 2. The van der Waals surface area contributed by atoms with Crippen LogP contribution in [0, 0.1) is 0 Å². The van der Waals surface area contributed by atoms with Crippen LogP contribution in [0.2, 0.25) is 0 Å². The molecule has 1 amide bonds. The number of aromatic nitrogens is 2. The summed E-state index contributed by atoms with van der Waals surface area (Å²) in [4.78, 5) is 40.7. The average Bonchev–Trinajstić information content (AvgIpc) is 2.75. The molecule has 3 N–H and O–H groups in total. The van der Waals surface area contributed by atoms with Crippen LogP contribution >= 0.6 is 11.8 Å². The van der Waals surface area contributed by atoms with Gasteiger partial charge in [-0.15, -0.1) is 11.8 Å². The van der Waals surface area contributed by atoms with E-state index in [-0.39, 0.29) is 28.7 Å². The molecule has 168 valence electrons. The molecule has 3 aromatic rings. The summed E-state index contributed by atoms with van der Waals surface area (Å²) < 4.78 is 39.7. The first-order valence-corrected chi connectivity index (χ1v) is 10.3. The Morgan fingerprint density at radius 1 is 1.12 bits per heavy atom. The number of aromatic amines is 1. The Labute approximate surface area is 184 Å². The highest BCUT2D eigenvalue weighted by atomic mass is 32.2. The van der Waals surface area contributed by atoms with E-state index >= 15 is 0 Å². The van der Waals surface area contributed by atoms with Crippen LogP contribution < -0.4 is 21.9 Å². The Morgan fingerprint density at radius 2 is 1.81 bits per heavy atom. The van der Waals surface area contributed by atoms with Crippen LogP contribution in [0.5, 0.6) is 0 Å². The van der Waals surface area contributed by atoms with Crippen LogP contribution in [0.1, 0.15) is 11.1 Å². The molecule has 2 aromatic carbocycles. The van der Waals surface area contributed by atoms with E-state index in [9.17, 15) is 27.6 Å². The molecule has 1 aromatic heterocycles. The second-order valence-electron chi connectivity index (χ2n) is 6.83. The van der Waals surface area contributed by atoms with E-state index in [4.69, 9.17) is 5.73 Å². The Balaban J connectivity index is 1.82. The maximum Gasteiger partial charge on any atom is 0.416 e. The number of nitrogens with zero attached hydrogens (tertiary/aromatic N) is 2. The fourth-order valence-electron chi connectivity index (χ4n) is 2.95. The van der Waals surface area contributed by atoms with Crippen LogP contribution in [0.15, 0.2) is 69.1 Å². The van der Waals surface area contributed by atoms with E-state index in [0.717, 1.165) is 38.9 Å². The maximum absolute atomic E-state index is 12.9. The smallest absolute Gasteiger partial charge is 0.383 e. The minimum atomic E-state index is -4.49. The van der Waals surface area contributed by atoms with Crippen molar-refractivity contribution in [2.24, 2.45) is 0 Å². The molecule has 0 saturated carbocycles. The highest BCUT2D eigenvalue weighted by Gasteiger charge is 2.30. The summed E-state index contributed by atoms with van der Waals surface area (Å²) in [7, 11) is 1.31. The zero-order valence-electron chi connectivity index (χ0n) is 16.8. The number of carbonyl (C=O) groups is 1. The van der Waals surface area contributed by atoms with Gasteiger partial charge in [-0.25, -0.2) is 4.79 Å². The van der Waals surface area contributed by atoms with Crippen molar-refractivity contribution in [2.75, 3.05) is 23.4 Å². The number of amides is 1. The van der Waals surface area contributed by atoms with Crippen LogP contribution in [-0.2, 0) is 17.5 Å². The van der Waals surface area contributed by atoms with Crippen LogP contribution in [-0.4, -0.2) is 28.3 Å². The molecule has 0 radical (unpaired) electrons. The number of nitrogens with two attached hydrogens (primary N) is 1. The topological polar surface area (TPSA) is 101 Å². The molecule has 3 rings (SSSR count). The van der Waals surface area contributed by atoms with Crippen LogP contribution in [0.3, 0.4) is 0 Å². The van der Waals surface area contributed by atoms with E-state index in [1.165, 1.54) is 19.2 Å². The number of hydrogen-bond acceptors (Lipinski definition) is 5. The van der Waals surface area contributed by atoms with E-state index in [0.29, 0.717) is 0 Å². The van der Waals surface area contributed by atoms with E-state index < -0.39 is 28.9 Å². The first-order valence-electron chi connectivity index (χ1n) is 9.31. The van der Waals surface area contributed by atoms with Gasteiger partial charge in [-0.2, -0.15) is 13.2 Å². The summed E-state index contributed by atoms with van der Waals surface area (Å²) in [5, 5.41) is 0. The van der Waals surface area contributed by atoms with Crippen molar-refractivity contribution in [3.63, 3.8) is 0 Å². The quantitative estimate of drug-likeness (QED) is 0.547. The molecule has 0 atom stereocenters. The Morgan fingerprint density at radius 3 is 2.47 bits per heavy atom. The fraction of sp³-hybridized carbons (Fsp3) is 0.190. The minimum Gasteiger partial charge on any atom is -0.383 e. The highest BCUT2D eigenvalue weighted by molar-refractivity contribution is 8.00. The molecule has 0 unspecified atom stereocenters. The lowest BCUT2D eigenvalue weighted by Gasteiger charge is -2.20. The first-order chi connectivity index (χ1) is 15.1. The van der Waals surface area contributed by atoms with Crippen LogP contribution in [0.25, 0.3) is 0 Å². The largest absolute Gasteiger partial charge is 0.416 e. The highest BCUT2D eigenvalue weighted by Crippen LogP contribution is 2.32. The van der Waals surface area contributed by atoms with Crippen LogP contribution in [0.4, 0.5) is 24.7 Å². The first kappa shape index (κ1) is 23.2. The molecule has 0 fully saturated rings. The standard InChI is InChI=1S/C21H19F3N4O3S/c1-27(16(29)12-32-15-9-5-8-14(10-15)21(22,23)24)17-18(25)28(20(31)26-19(17)30)11-13-6-3-2-4-7-13/h2-10H,11-12,25H2,1H3,(H,26,30,31). The predicted molar refractivity (Wildman–Crippen MR) is 117 cm³/mol. The third kappa shape index (κ3) is 5.22. The summed E-state index contributed by atoms with van der Waals surface area (Å²) >= 11 is 0.891. The number of H-pyrrole nitrogens is 1. The normalized spacial score (nSPS) is 11.4. The molecular formula is C21H19F3N4O3S. The van der Waals surface area contributed by atoms with Gasteiger partial charge in [-0.3, -0.25) is 19.1 Å². The Hall–Kier alpha value is -3.47. The molecule has 0 aliphatic carbocycles. The number of hydrogen-bond donors (Lipinski definition) is 2. The predicted octanol–water partition coefficient (Wildman–Crippen LogP) is 2.94. The second-order valence-corrected chi connectivity index (χ2v) is 7.88. The molecule has 0 aliphatic heterocycles. The lowest BCUT2D eigenvalue weighted by Crippen LogP contribution is -2.40. The third-order valence-corrected chi connectivity index (χ3v) is 5.61. The van der Waals surface area contributed by atoms with Gasteiger partial charge in [0.2, 0.25) is 5.91 Å². The zero-order chi connectivity index (χ0) is 23.5. The molecule has 0 spiro atoms. The second kappa shape index (κ2) is 9.35. The van der Waals surface area contributed by atoms with E-state index in [1.54, 1.807) is 24.3 Å². The molecule has 0 saturated heterocycles. The number of halogens is 3. The van der Waals surface area contributed by atoms with E-state index in [1.807, 2.05) is 6.07 Å². The summed E-state index contributed by atoms with van der Waals surface area (Å²) in [5.41, 5.74) is 4.23. The van der Waals surface area contributed by atoms with Crippen molar-refractivity contribution in [3.05, 3.63) is 86.6 Å². The van der Waals surface area contributed by atoms with Crippen molar-refractivity contribution < 1.29 is 18.0 Å². The summed E-state index contributed by atoms with van der Waals surface area (Å²) in [6.45, 7) is 0.0797. The van der Waals surface area contributed by atoms with Crippen molar-refractivity contribution in [1.82, 2.24) is 9.55 Å². The number of alkyl halides is 3. The van der Waals surface area contributed by atoms with E-state index in [2.05, 4.69) is 4.98 Å². The van der Waals surface area contributed by atoms with Crippen molar-refractivity contribution in [2.45, 2.75) is 17.6 Å². The molecule has 7 nitrogen and oxygen atoms in total. The summed E-state index contributed by atoms with van der Waals surface area (Å²) in [6.07, 6.45) is -4.49. The average molecular weight is 464 g/mol. The fourth-order valence-corrected chi connectivity index (χ4v) is 3.82. The summed E-state index contributed by atoms with van der Waals surface area (Å²) in [6, 6.07) is 13.5. The zero-order valence-corrected chi connectivity index (χ0v) is 17.7. The number of thioether (sulfide) groups is 1.